The molecule has 4 heteroatoms. The zero-order chi connectivity index (χ0) is 15.2. The van der Waals surface area contributed by atoms with Gasteiger partial charge in [-0.2, -0.15) is 5.10 Å². The van der Waals surface area contributed by atoms with Crippen molar-refractivity contribution in [3.05, 3.63) is 53.3 Å². The van der Waals surface area contributed by atoms with Gasteiger partial charge in [0.25, 0.3) is 0 Å². The summed E-state index contributed by atoms with van der Waals surface area (Å²) >= 11 is 0. The van der Waals surface area contributed by atoms with Crippen LogP contribution in [0.5, 0.6) is 0 Å². The number of nitrogens with zero attached hydrogens (tertiary/aromatic N) is 3. The van der Waals surface area contributed by atoms with Crippen LogP contribution in [0.3, 0.4) is 0 Å². The summed E-state index contributed by atoms with van der Waals surface area (Å²) in [5, 5.41) is 13.6. The molecule has 0 saturated carbocycles. The maximum absolute atomic E-state index is 9.23. The molecule has 0 spiro atoms. The summed E-state index contributed by atoms with van der Waals surface area (Å²) in [6.45, 7) is 6.23. The van der Waals surface area contributed by atoms with Gasteiger partial charge in [0.15, 0.2) is 0 Å². The highest BCUT2D eigenvalue weighted by atomic mass is 16.3. The smallest absolute Gasteiger partial charge is 0.0537 e. The summed E-state index contributed by atoms with van der Waals surface area (Å²) in [6.07, 6.45) is 2.73. The summed E-state index contributed by atoms with van der Waals surface area (Å²) in [6, 6.07) is 10.8. The molecule has 1 unspecified atom stereocenters. The molecule has 21 heavy (non-hydrogen) atoms. The fourth-order valence-electron chi connectivity index (χ4n) is 2.47. The Kier molecular flexibility index (Phi) is 5.53. The van der Waals surface area contributed by atoms with Crippen molar-refractivity contribution in [2.75, 3.05) is 6.61 Å². The third kappa shape index (κ3) is 4.16. The normalized spacial score (nSPS) is 12.8. The van der Waals surface area contributed by atoms with E-state index in [9.17, 15) is 5.11 Å². The minimum absolute atomic E-state index is 0.221. The monoisotopic (exact) mass is 287 g/mol. The molecule has 2 aromatic rings. The minimum atomic E-state index is 0.221. The lowest BCUT2D eigenvalue weighted by molar-refractivity contribution is 0.153. The molecule has 2 rings (SSSR count). The standard InChI is InChI=1S/C17H25N3O/c1-14(9-10-21)20(12-16-7-5-4-6-8-16)13-17-11-18-19(3)15(17)2/h4-8,11,14,21H,9-10,12-13H2,1-3H3. The summed E-state index contributed by atoms with van der Waals surface area (Å²) in [5.41, 5.74) is 3.74. The maximum Gasteiger partial charge on any atom is 0.0537 e. The first-order valence-corrected chi connectivity index (χ1v) is 7.48. The molecule has 1 aromatic heterocycles. The highest BCUT2D eigenvalue weighted by Gasteiger charge is 2.16. The highest BCUT2D eigenvalue weighted by Crippen LogP contribution is 2.17. The van der Waals surface area contributed by atoms with E-state index in [2.05, 4.69) is 48.1 Å². The van der Waals surface area contributed by atoms with Crippen molar-refractivity contribution < 1.29 is 5.11 Å². The van der Waals surface area contributed by atoms with Crippen LogP contribution < -0.4 is 0 Å². The molecule has 0 fully saturated rings. The van der Waals surface area contributed by atoms with E-state index >= 15 is 0 Å². The fourth-order valence-corrected chi connectivity index (χ4v) is 2.47. The van der Waals surface area contributed by atoms with Crippen LogP contribution in [0.1, 0.15) is 30.2 Å². The van der Waals surface area contributed by atoms with E-state index < -0.39 is 0 Å². The Bertz CT molecular complexity index is 550. The van der Waals surface area contributed by atoms with Gasteiger partial charge in [0.1, 0.15) is 0 Å². The third-order valence-corrected chi connectivity index (χ3v) is 4.11. The van der Waals surface area contributed by atoms with Crippen LogP contribution in [0.2, 0.25) is 0 Å². The van der Waals surface area contributed by atoms with Crippen molar-refractivity contribution >= 4 is 0 Å². The Morgan fingerprint density at radius 1 is 1.24 bits per heavy atom. The predicted molar refractivity (Wildman–Crippen MR) is 84.8 cm³/mol. The summed E-state index contributed by atoms with van der Waals surface area (Å²) < 4.78 is 1.91. The largest absolute Gasteiger partial charge is 0.396 e. The van der Waals surface area contributed by atoms with Crippen LogP contribution in [0.4, 0.5) is 0 Å². The predicted octanol–water partition coefficient (Wildman–Crippen LogP) is 2.50. The first-order valence-electron chi connectivity index (χ1n) is 7.48. The van der Waals surface area contributed by atoms with E-state index in [1.54, 1.807) is 0 Å². The van der Waals surface area contributed by atoms with Crippen molar-refractivity contribution in [2.45, 2.75) is 39.4 Å². The number of rotatable bonds is 7. The van der Waals surface area contributed by atoms with E-state index in [0.717, 1.165) is 19.5 Å². The number of aliphatic hydroxyl groups excluding tert-OH is 1. The van der Waals surface area contributed by atoms with Crippen LogP contribution in [0, 0.1) is 6.92 Å². The summed E-state index contributed by atoms with van der Waals surface area (Å²) in [7, 11) is 1.97. The van der Waals surface area contributed by atoms with Gasteiger partial charge in [-0.1, -0.05) is 30.3 Å². The quantitative estimate of drug-likeness (QED) is 0.850. The SMILES string of the molecule is Cc1c(CN(Cc2ccccc2)C(C)CCO)cnn1C. The van der Waals surface area contributed by atoms with E-state index in [4.69, 9.17) is 0 Å². The average molecular weight is 287 g/mol. The van der Waals surface area contributed by atoms with Gasteiger partial charge in [0.05, 0.1) is 6.20 Å². The van der Waals surface area contributed by atoms with Crippen LogP contribution >= 0.6 is 0 Å². The van der Waals surface area contributed by atoms with E-state index in [1.807, 2.05) is 24.0 Å². The van der Waals surface area contributed by atoms with Gasteiger partial charge in [-0.25, -0.2) is 0 Å². The first kappa shape index (κ1) is 15.7. The third-order valence-electron chi connectivity index (χ3n) is 4.11. The van der Waals surface area contributed by atoms with E-state index in [1.165, 1.54) is 16.8 Å². The molecule has 114 valence electrons. The van der Waals surface area contributed by atoms with Gasteiger partial charge < -0.3 is 5.11 Å². The average Bonchev–Trinajstić information content (AvgIpc) is 2.80. The van der Waals surface area contributed by atoms with E-state index in [-0.39, 0.29) is 6.61 Å². The Labute approximate surface area is 127 Å². The van der Waals surface area contributed by atoms with Crippen molar-refractivity contribution in [2.24, 2.45) is 7.05 Å². The zero-order valence-corrected chi connectivity index (χ0v) is 13.2. The molecule has 0 bridgehead atoms. The number of aliphatic hydroxyl groups is 1. The van der Waals surface area contributed by atoms with Crippen molar-refractivity contribution in [3.63, 3.8) is 0 Å². The topological polar surface area (TPSA) is 41.3 Å². The lowest BCUT2D eigenvalue weighted by Gasteiger charge is -2.29. The Morgan fingerprint density at radius 2 is 1.95 bits per heavy atom. The molecule has 1 aromatic carbocycles. The van der Waals surface area contributed by atoms with Gasteiger partial charge in [-0.3, -0.25) is 9.58 Å². The zero-order valence-electron chi connectivity index (χ0n) is 13.2. The van der Waals surface area contributed by atoms with Gasteiger partial charge in [0, 0.05) is 44.0 Å². The molecule has 0 aliphatic rings. The summed E-state index contributed by atoms with van der Waals surface area (Å²) in [4.78, 5) is 2.40. The summed E-state index contributed by atoms with van der Waals surface area (Å²) in [5.74, 6) is 0. The molecule has 1 heterocycles. The Hall–Kier alpha value is -1.65. The maximum atomic E-state index is 9.23. The van der Waals surface area contributed by atoms with Crippen LogP contribution in [-0.2, 0) is 20.1 Å². The molecular weight excluding hydrogens is 262 g/mol. The molecule has 0 aliphatic heterocycles. The highest BCUT2D eigenvalue weighted by molar-refractivity contribution is 5.18. The second-order valence-electron chi connectivity index (χ2n) is 5.63. The number of hydrogen-bond donors (Lipinski definition) is 1. The van der Waals surface area contributed by atoms with Crippen molar-refractivity contribution in [3.8, 4) is 0 Å². The molecule has 4 nitrogen and oxygen atoms in total. The van der Waals surface area contributed by atoms with Crippen LogP contribution in [-0.4, -0.2) is 32.4 Å². The second-order valence-corrected chi connectivity index (χ2v) is 5.63. The molecular formula is C17H25N3O. The number of benzene rings is 1. The van der Waals surface area contributed by atoms with Crippen molar-refractivity contribution in [1.82, 2.24) is 14.7 Å². The lowest BCUT2D eigenvalue weighted by atomic mass is 10.1. The van der Waals surface area contributed by atoms with Gasteiger partial charge >= 0.3 is 0 Å². The van der Waals surface area contributed by atoms with E-state index in [0.29, 0.717) is 6.04 Å². The first-order chi connectivity index (χ1) is 10.1. The Morgan fingerprint density at radius 3 is 2.52 bits per heavy atom. The lowest BCUT2D eigenvalue weighted by Crippen LogP contribution is -2.33. The fraction of sp³-hybridized carbons (Fsp3) is 0.471. The molecule has 0 radical (unpaired) electrons. The van der Waals surface area contributed by atoms with Gasteiger partial charge in [-0.05, 0) is 25.8 Å². The second kappa shape index (κ2) is 7.38. The Balaban J connectivity index is 2.14. The van der Waals surface area contributed by atoms with Crippen molar-refractivity contribution in [1.29, 1.82) is 0 Å². The number of aromatic nitrogens is 2. The molecule has 0 amide bonds. The number of aryl methyl sites for hydroxylation is 1. The molecule has 1 atom stereocenters. The number of hydrogen-bond acceptors (Lipinski definition) is 3. The van der Waals surface area contributed by atoms with Crippen LogP contribution in [0.15, 0.2) is 36.5 Å². The molecule has 1 N–H and O–H groups in total. The van der Waals surface area contributed by atoms with Crippen LogP contribution in [0.25, 0.3) is 0 Å². The molecule has 0 saturated heterocycles. The minimum Gasteiger partial charge on any atom is -0.396 e. The van der Waals surface area contributed by atoms with Gasteiger partial charge in [-0.15, -0.1) is 0 Å². The molecule has 0 aliphatic carbocycles. The van der Waals surface area contributed by atoms with Gasteiger partial charge in [0.2, 0.25) is 0 Å².